The van der Waals surface area contributed by atoms with Crippen LogP contribution >= 0.6 is 11.3 Å². The third kappa shape index (κ3) is 5.94. The third-order valence-corrected chi connectivity index (χ3v) is 5.50. The topological polar surface area (TPSA) is 74.6 Å². The fraction of sp³-hybridized carbons (Fsp3) is 0.208. The quantitative estimate of drug-likeness (QED) is 0.420. The molecule has 2 rings (SSSR count). The molecule has 1 heterocycles. The van der Waals surface area contributed by atoms with Crippen LogP contribution < -0.4 is 4.90 Å². The molecule has 5 heteroatoms. The molecule has 0 aliphatic rings. The molecule has 1 aromatic heterocycles. The Kier molecular flexibility index (Phi) is 8.46. The lowest BCUT2D eigenvalue weighted by molar-refractivity contribution is 0.866. The average Bonchev–Trinajstić information content (AvgIpc) is 3.22. The first-order valence-electron chi connectivity index (χ1n) is 9.38. The van der Waals surface area contributed by atoms with E-state index in [2.05, 4.69) is 49.1 Å². The third-order valence-electron chi connectivity index (χ3n) is 4.37. The van der Waals surface area contributed by atoms with Crippen LogP contribution in [0.4, 0.5) is 5.69 Å². The summed E-state index contributed by atoms with van der Waals surface area (Å²) >= 11 is 1.42. The van der Waals surface area contributed by atoms with Crippen molar-refractivity contribution in [3.63, 3.8) is 0 Å². The monoisotopic (exact) mass is 398 g/mol. The van der Waals surface area contributed by atoms with E-state index in [1.54, 1.807) is 18.2 Å². The first kappa shape index (κ1) is 21.7. The molecule has 0 atom stereocenters. The maximum Gasteiger partial charge on any atom is 0.148 e. The van der Waals surface area contributed by atoms with Gasteiger partial charge in [-0.1, -0.05) is 36.4 Å². The second-order valence-electron chi connectivity index (χ2n) is 6.11. The van der Waals surface area contributed by atoms with Gasteiger partial charge >= 0.3 is 0 Å². The van der Waals surface area contributed by atoms with Crippen molar-refractivity contribution in [2.45, 2.75) is 20.3 Å². The Labute approximate surface area is 176 Å². The minimum atomic E-state index is -0.147. The zero-order valence-electron chi connectivity index (χ0n) is 16.6. The number of hydrogen-bond acceptors (Lipinski definition) is 5. The summed E-state index contributed by atoms with van der Waals surface area (Å²) in [6.07, 6.45) is 8.83. The van der Waals surface area contributed by atoms with Gasteiger partial charge < -0.3 is 4.90 Å². The minimum absolute atomic E-state index is 0.142. The van der Waals surface area contributed by atoms with E-state index in [9.17, 15) is 5.26 Å². The molecule has 144 valence electrons. The van der Waals surface area contributed by atoms with Gasteiger partial charge in [0, 0.05) is 35.0 Å². The van der Waals surface area contributed by atoms with Crippen LogP contribution in [0.2, 0.25) is 0 Å². The largest absolute Gasteiger partial charge is 0.372 e. The Morgan fingerprint density at radius 1 is 0.931 bits per heavy atom. The van der Waals surface area contributed by atoms with Crippen molar-refractivity contribution in [2.24, 2.45) is 0 Å². The van der Waals surface area contributed by atoms with Crippen molar-refractivity contribution in [3.8, 4) is 18.2 Å². The molecule has 29 heavy (non-hydrogen) atoms. The molecule has 0 amide bonds. The lowest BCUT2D eigenvalue weighted by Crippen LogP contribution is -2.21. The highest BCUT2D eigenvalue weighted by Crippen LogP contribution is 2.26. The van der Waals surface area contributed by atoms with Crippen molar-refractivity contribution in [3.05, 3.63) is 75.5 Å². The van der Waals surface area contributed by atoms with Crippen LogP contribution in [0, 0.1) is 34.0 Å². The van der Waals surface area contributed by atoms with Gasteiger partial charge in [-0.05, 0) is 43.7 Å². The summed E-state index contributed by atoms with van der Waals surface area (Å²) in [7, 11) is 0. The van der Waals surface area contributed by atoms with Crippen LogP contribution in [0.3, 0.4) is 0 Å². The summed E-state index contributed by atoms with van der Waals surface area (Å²) in [5, 5.41) is 27.1. The van der Waals surface area contributed by atoms with Gasteiger partial charge in [-0.25, -0.2) is 0 Å². The molecule has 0 aliphatic carbocycles. The summed E-state index contributed by atoms with van der Waals surface area (Å²) in [4.78, 5) is 4.03. The summed E-state index contributed by atoms with van der Waals surface area (Å²) in [5.74, 6) is 0. The molecule has 0 aliphatic heterocycles. The standard InChI is InChI=1S/C24H22N4S/c1-3-28(4-2)21-12-10-19(11-13-21)8-6-5-7-9-22-14-15-24(29-22)23(18-27)20(16-25)17-26/h5-8,10-15H,3-4,9H2,1-2H3. The number of rotatable bonds is 8. The maximum atomic E-state index is 9.22. The second-order valence-corrected chi connectivity index (χ2v) is 7.27. The first-order valence-corrected chi connectivity index (χ1v) is 10.2. The van der Waals surface area contributed by atoms with Gasteiger partial charge in [0.2, 0.25) is 0 Å². The predicted octanol–water partition coefficient (Wildman–Crippen LogP) is 5.73. The normalized spacial score (nSPS) is 10.4. The molecule has 0 N–H and O–H groups in total. The summed E-state index contributed by atoms with van der Waals surface area (Å²) < 4.78 is 0. The first-order chi connectivity index (χ1) is 14.2. The van der Waals surface area contributed by atoms with Crippen LogP contribution in [-0.2, 0) is 6.42 Å². The second kappa shape index (κ2) is 11.3. The molecule has 0 unspecified atom stereocenters. The Balaban J connectivity index is 1.97. The lowest BCUT2D eigenvalue weighted by atomic mass is 10.1. The van der Waals surface area contributed by atoms with Gasteiger partial charge in [0.05, 0.1) is 5.57 Å². The zero-order chi connectivity index (χ0) is 21.1. The summed E-state index contributed by atoms with van der Waals surface area (Å²) in [6.45, 7) is 6.31. The van der Waals surface area contributed by atoms with Crippen LogP contribution in [0.1, 0.15) is 29.2 Å². The molecule has 0 saturated heterocycles. The van der Waals surface area contributed by atoms with Crippen molar-refractivity contribution in [1.82, 2.24) is 0 Å². The highest BCUT2D eigenvalue weighted by atomic mass is 32.1. The number of nitrogens with zero attached hydrogens (tertiary/aromatic N) is 4. The van der Waals surface area contributed by atoms with Crippen molar-refractivity contribution >= 4 is 28.7 Å². The number of allylic oxidation sites excluding steroid dienone is 5. The smallest absolute Gasteiger partial charge is 0.148 e. The Morgan fingerprint density at radius 2 is 1.62 bits per heavy atom. The fourth-order valence-electron chi connectivity index (χ4n) is 2.81. The molecule has 4 nitrogen and oxygen atoms in total. The predicted molar refractivity (Wildman–Crippen MR) is 120 cm³/mol. The minimum Gasteiger partial charge on any atom is -0.372 e. The van der Waals surface area contributed by atoms with Crippen LogP contribution in [0.5, 0.6) is 0 Å². The fourth-order valence-corrected chi connectivity index (χ4v) is 3.79. The van der Waals surface area contributed by atoms with E-state index in [-0.39, 0.29) is 11.1 Å². The van der Waals surface area contributed by atoms with Crippen molar-refractivity contribution < 1.29 is 0 Å². The molecular weight excluding hydrogens is 376 g/mol. The molecule has 2 aromatic rings. The molecule has 0 radical (unpaired) electrons. The van der Waals surface area contributed by atoms with Crippen LogP contribution in [0.25, 0.3) is 11.6 Å². The van der Waals surface area contributed by atoms with E-state index >= 15 is 0 Å². The number of hydrogen-bond donors (Lipinski definition) is 0. The molecule has 1 aromatic carbocycles. The van der Waals surface area contributed by atoms with E-state index in [1.807, 2.05) is 30.4 Å². The van der Waals surface area contributed by atoms with E-state index in [1.165, 1.54) is 17.0 Å². The summed E-state index contributed by atoms with van der Waals surface area (Å²) in [5.41, 5.74) is 2.38. The Hall–Kier alpha value is -3.59. The number of thiophene rings is 1. The van der Waals surface area contributed by atoms with Gasteiger partial charge in [0.25, 0.3) is 0 Å². The summed E-state index contributed by atoms with van der Waals surface area (Å²) in [6, 6.07) is 17.7. The van der Waals surface area contributed by atoms with Crippen LogP contribution in [0.15, 0.2) is 60.2 Å². The van der Waals surface area contributed by atoms with Gasteiger partial charge in [0.15, 0.2) is 0 Å². The molecule has 0 spiro atoms. The van der Waals surface area contributed by atoms with Crippen LogP contribution in [-0.4, -0.2) is 13.1 Å². The molecule has 0 bridgehead atoms. The van der Waals surface area contributed by atoms with E-state index in [0.29, 0.717) is 4.88 Å². The SMILES string of the molecule is CCN(CC)c1ccc(C=CC=CCc2ccc(C(C#N)=C(C#N)C#N)s2)cc1. The van der Waals surface area contributed by atoms with E-state index < -0.39 is 0 Å². The number of nitriles is 3. The highest BCUT2D eigenvalue weighted by molar-refractivity contribution is 7.13. The average molecular weight is 399 g/mol. The van der Waals surface area contributed by atoms with Gasteiger partial charge in [0.1, 0.15) is 23.8 Å². The highest BCUT2D eigenvalue weighted by Gasteiger charge is 2.11. The van der Waals surface area contributed by atoms with Gasteiger partial charge in [-0.2, -0.15) is 15.8 Å². The van der Waals surface area contributed by atoms with E-state index in [4.69, 9.17) is 10.5 Å². The van der Waals surface area contributed by atoms with Crippen molar-refractivity contribution in [2.75, 3.05) is 18.0 Å². The Morgan fingerprint density at radius 3 is 2.21 bits per heavy atom. The molecule has 0 fully saturated rings. The zero-order valence-corrected chi connectivity index (χ0v) is 17.4. The number of benzene rings is 1. The maximum absolute atomic E-state index is 9.22. The Bertz CT molecular complexity index is 1010. The van der Waals surface area contributed by atoms with Crippen molar-refractivity contribution in [1.29, 1.82) is 15.8 Å². The molecular formula is C24H22N4S. The van der Waals surface area contributed by atoms with Gasteiger partial charge in [-0.15, -0.1) is 11.3 Å². The van der Waals surface area contributed by atoms with E-state index in [0.717, 1.165) is 30.0 Å². The molecule has 0 saturated carbocycles. The lowest BCUT2D eigenvalue weighted by Gasteiger charge is -2.20. The number of anilines is 1. The van der Waals surface area contributed by atoms with Gasteiger partial charge in [-0.3, -0.25) is 0 Å².